The van der Waals surface area contributed by atoms with E-state index in [9.17, 15) is 13.2 Å². The number of hydrogen-bond donors (Lipinski definition) is 0. The predicted octanol–water partition coefficient (Wildman–Crippen LogP) is 3.30. The summed E-state index contributed by atoms with van der Waals surface area (Å²) in [5, 5.41) is 1.95. The number of amides is 1. The molecule has 1 amide bonds. The highest BCUT2D eigenvalue weighted by Gasteiger charge is 2.23. The van der Waals surface area contributed by atoms with Crippen LogP contribution in [0.3, 0.4) is 0 Å². The van der Waals surface area contributed by atoms with Crippen molar-refractivity contribution in [2.75, 3.05) is 7.05 Å². The Morgan fingerprint density at radius 1 is 1.21 bits per heavy atom. The summed E-state index contributed by atoms with van der Waals surface area (Å²) < 4.78 is 28.8. The van der Waals surface area contributed by atoms with Crippen molar-refractivity contribution in [3.63, 3.8) is 0 Å². The van der Waals surface area contributed by atoms with E-state index in [4.69, 9.17) is 11.6 Å². The molecular weight excluding hydrogens is 418 g/mol. The largest absolute Gasteiger partial charge is 0.327 e. The van der Waals surface area contributed by atoms with Crippen LogP contribution in [0.1, 0.15) is 15.9 Å². The van der Waals surface area contributed by atoms with Gasteiger partial charge in [0.1, 0.15) is 0 Å². The zero-order valence-electron chi connectivity index (χ0n) is 15.2. The van der Waals surface area contributed by atoms with E-state index in [-0.39, 0.29) is 22.0 Å². The smallest absolute Gasteiger partial charge is 0.281 e. The normalized spacial score (nSPS) is 12.5. The molecule has 0 unspecified atom stereocenters. The third-order valence-corrected chi connectivity index (χ3v) is 7.06. The molecule has 3 rings (SSSR count). The molecule has 146 valence electrons. The van der Waals surface area contributed by atoms with Gasteiger partial charge in [0.15, 0.2) is 4.80 Å². The fourth-order valence-electron chi connectivity index (χ4n) is 2.52. The number of aromatic nitrogens is 1. The maximum absolute atomic E-state index is 12.9. The van der Waals surface area contributed by atoms with E-state index < -0.39 is 15.9 Å². The summed E-state index contributed by atoms with van der Waals surface area (Å²) in [5.41, 5.74) is 0.906. The first-order valence-corrected chi connectivity index (χ1v) is 11.0. The molecule has 0 aliphatic rings. The molecule has 0 radical (unpaired) electrons. The highest BCUT2D eigenvalue weighted by molar-refractivity contribution is 7.89. The molecule has 2 aromatic carbocycles. The number of halogens is 1. The number of sulfonamides is 1. The van der Waals surface area contributed by atoms with Crippen LogP contribution >= 0.6 is 22.9 Å². The van der Waals surface area contributed by atoms with Gasteiger partial charge in [-0.3, -0.25) is 4.79 Å². The standard InChI is InChI=1S/C19H18ClN3O3S2/c1-22-10-11-27-19(22)21-18(24)16-12-15(8-9-17(16)20)28(25,26)23(2)13-14-6-4-3-5-7-14/h3-12H,13H2,1-2H3. The zero-order chi connectivity index (χ0) is 20.3. The average molecular weight is 436 g/mol. The van der Waals surface area contributed by atoms with Crippen molar-refractivity contribution in [3.05, 3.63) is 81.1 Å². The lowest BCUT2D eigenvalue weighted by Gasteiger charge is -2.18. The summed E-state index contributed by atoms with van der Waals surface area (Å²) in [6.45, 7) is 0.213. The summed E-state index contributed by atoms with van der Waals surface area (Å²) in [4.78, 5) is 17.1. The minimum Gasteiger partial charge on any atom is -0.327 e. The molecular formula is C19H18ClN3O3S2. The lowest BCUT2D eigenvalue weighted by molar-refractivity contribution is 0.0998. The Morgan fingerprint density at radius 3 is 2.57 bits per heavy atom. The van der Waals surface area contributed by atoms with Crippen LogP contribution in [0.4, 0.5) is 0 Å². The van der Waals surface area contributed by atoms with Gasteiger partial charge in [0, 0.05) is 32.2 Å². The molecule has 1 aromatic heterocycles. The molecule has 0 fully saturated rings. The summed E-state index contributed by atoms with van der Waals surface area (Å²) in [6.07, 6.45) is 1.78. The Balaban J connectivity index is 1.94. The number of hydrogen-bond acceptors (Lipinski definition) is 4. The van der Waals surface area contributed by atoms with Gasteiger partial charge in [0.25, 0.3) is 5.91 Å². The first kappa shape index (κ1) is 20.5. The fourth-order valence-corrected chi connectivity index (χ4v) is 4.63. The molecule has 0 aliphatic carbocycles. The van der Waals surface area contributed by atoms with Crippen molar-refractivity contribution in [2.45, 2.75) is 11.4 Å². The van der Waals surface area contributed by atoms with Crippen LogP contribution in [0.5, 0.6) is 0 Å². The SMILES string of the molecule is CN(Cc1ccccc1)S(=O)(=O)c1ccc(Cl)c(C(=O)N=c2sccn2C)c1. The molecule has 1 heterocycles. The van der Waals surface area contributed by atoms with Crippen molar-refractivity contribution < 1.29 is 13.2 Å². The zero-order valence-corrected chi connectivity index (χ0v) is 17.6. The van der Waals surface area contributed by atoms with Crippen LogP contribution in [0, 0.1) is 0 Å². The number of aryl methyl sites for hydroxylation is 1. The predicted molar refractivity (Wildman–Crippen MR) is 110 cm³/mol. The lowest BCUT2D eigenvalue weighted by atomic mass is 10.2. The van der Waals surface area contributed by atoms with Gasteiger partial charge in [-0.15, -0.1) is 11.3 Å². The van der Waals surface area contributed by atoms with Crippen LogP contribution in [-0.4, -0.2) is 30.2 Å². The van der Waals surface area contributed by atoms with Gasteiger partial charge < -0.3 is 4.57 Å². The Kier molecular flexibility index (Phi) is 6.14. The third kappa shape index (κ3) is 4.41. The van der Waals surface area contributed by atoms with Crippen LogP contribution in [0.25, 0.3) is 0 Å². The Hall–Kier alpha value is -2.26. The molecule has 0 spiro atoms. The molecule has 0 bridgehead atoms. The summed E-state index contributed by atoms with van der Waals surface area (Å²) in [5.74, 6) is -0.592. The molecule has 0 saturated heterocycles. The molecule has 9 heteroatoms. The molecule has 3 aromatic rings. The number of carbonyl (C=O) groups excluding carboxylic acids is 1. The van der Waals surface area contributed by atoms with E-state index in [0.717, 1.165) is 5.56 Å². The topological polar surface area (TPSA) is 71.7 Å². The second-order valence-corrected chi connectivity index (χ2v) is 9.43. The van der Waals surface area contributed by atoms with Crippen molar-refractivity contribution in [2.24, 2.45) is 12.0 Å². The number of rotatable bonds is 5. The van der Waals surface area contributed by atoms with E-state index in [2.05, 4.69) is 4.99 Å². The average Bonchev–Trinajstić information content (AvgIpc) is 3.07. The van der Waals surface area contributed by atoms with E-state index in [1.165, 1.54) is 40.9 Å². The first-order chi connectivity index (χ1) is 13.3. The van der Waals surface area contributed by atoms with E-state index >= 15 is 0 Å². The second kappa shape index (κ2) is 8.40. The number of thiazole rings is 1. The first-order valence-electron chi connectivity index (χ1n) is 8.28. The van der Waals surface area contributed by atoms with Crippen molar-refractivity contribution in [1.29, 1.82) is 0 Å². The van der Waals surface area contributed by atoms with Crippen molar-refractivity contribution in [1.82, 2.24) is 8.87 Å². The van der Waals surface area contributed by atoms with E-state index in [1.54, 1.807) is 23.2 Å². The van der Waals surface area contributed by atoms with Gasteiger partial charge in [0.2, 0.25) is 10.0 Å². The minimum absolute atomic E-state index is 0.00978. The lowest BCUT2D eigenvalue weighted by Crippen LogP contribution is -2.26. The third-order valence-electron chi connectivity index (χ3n) is 4.08. The summed E-state index contributed by atoms with van der Waals surface area (Å²) >= 11 is 7.44. The maximum atomic E-state index is 12.9. The van der Waals surface area contributed by atoms with Crippen LogP contribution in [0.15, 0.2) is 70.0 Å². The Bertz CT molecular complexity index is 1170. The van der Waals surface area contributed by atoms with Crippen LogP contribution in [-0.2, 0) is 23.6 Å². The Morgan fingerprint density at radius 2 is 1.93 bits per heavy atom. The fraction of sp³-hybridized carbons (Fsp3) is 0.158. The van der Waals surface area contributed by atoms with Gasteiger partial charge in [0.05, 0.1) is 15.5 Å². The van der Waals surface area contributed by atoms with E-state index in [1.807, 2.05) is 30.3 Å². The van der Waals surface area contributed by atoms with E-state index in [0.29, 0.717) is 4.80 Å². The maximum Gasteiger partial charge on any atom is 0.281 e. The molecule has 0 saturated carbocycles. The molecule has 0 N–H and O–H groups in total. The van der Waals surface area contributed by atoms with Crippen molar-refractivity contribution >= 4 is 38.9 Å². The Labute approximate surface area is 172 Å². The molecule has 0 atom stereocenters. The quantitative estimate of drug-likeness (QED) is 0.617. The number of carbonyl (C=O) groups is 1. The van der Waals surface area contributed by atoms with Crippen molar-refractivity contribution in [3.8, 4) is 0 Å². The number of benzene rings is 2. The minimum atomic E-state index is -3.80. The second-order valence-electron chi connectivity index (χ2n) is 6.10. The molecule has 0 aliphatic heterocycles. The van der Waals surface area contributed by atoms with Crippen LogP contribution in [0.2, 0.25) is 5.02 Å². The van der Waals surface area contributed by atoms with Gasteiger partial charge in [-0.05, 0) is 23.8 Å². The van der Waals surface area contributed by atoms with Crippen LogP contribution < -0.4 is 4.80 Å². The van der Waals surface area contributed by atoms with Gasteiger partial charge in [-0.2, -0.15) is 9.30 Å². The van der Waals surface area contributed by atoms with Gasteiger partial charge in [-0.1, -0.05) is 41.9 Å². The highest BCUT2D eigenvalue weighted by Crippen LogP contribution is 2.24. The summed E-state index contributed by atoms with van der Waals surface area (Å²) in [7, 11) is -0.540. The van der Waals surface area contributed by atoms with Gasteiger partial charge in [-0.25, -0.2) is 8.42 Å². The molecule has 28 heavy (non-hydrogen) atoms. The summed E-state index contributed by atoms with van der Waals surface area (Å²) in [6, 6.07) is 13.3. The molecule has 6 nitrogen and oxygen atoms in total. The monoisotopic (exact) mass is 435 g/mol. The number of nitrogens with zero attached hydrogens (tertiary/aromatic N) is 3. The highest BCUT2D eigenvalue weighted by atomic mass is 35.5. The van der Waals surface area contributed by atoms with Gasteiger partial charge >= 0.3 is 0 Å².